The van der Waals surface area contributed by atoms with Crippen LogP contribution in [0.3, 0.4) is 0 Å². The van der Waals surface area contributed by atoms with Gasteiger partial charge in [-0.1, -0.05) is 48.5 Å². The van der Waals surface area contributed by atoms with Gasteiger partial charge in [0.25, 0.3) is 5.91 Å². The average molecular weight is 309 g/mol. The molecule has 1 heterocycles. The van der Waals surface area contributed by atoms with Crippen LogP contribution in [-0.2, 0) is 0 Å². The molecule has 0 saturated carbocycles. The fourth-order valence-corrected chi connectivity index (χ4v) is 2.49. The molecule has 1 aliphatic heterocycles. The Morgan fingerprint density at radius 3 is 2.36 bits per heavy atom. The minimum Gasteiger partial charge on any atom is -0.297 e. The predicted octanol–water partition coefficient (Wildman–Crippen LogP) is 2.81. The lowest BCUT2D eigenvalue weighted by atomic mass is 10.1. The Bertz CT molecular complexity index is 713. The van der Waals surface area contributed by atoms with Crippen LogP contribution in [0.1, 0.15) is 22.3 Å². The van der Waals surface area contributed by atoms with Crippen LogP contribution in [0.4, 0.5) is 0 Å². The quantitative estimate of drug-likeness (QED) is 0.868. The van der Waals surface area contributed by atoms with Crippen molar-refractivity contribution >= 4 is 28.9 Å². The number of carbonyl (C=O) groups excluding carboxylic acids is 1. The number of nitrogens with zero attached hydrogens (tertiary/aromatic N) is 2. The Labute approximate surface area is 134 Å². The molecule has 0 bridgehead atoms. The highest BCUT2D eigenvalue weighted by Gasteiger charge is 2.20. The van der Waals surface area contributed by atoms with E-state index in [0.717, 1.165) is 17.7 Å². The highest BCUT2D eigenvalue weighted by atomic mass is 32.1. The number of rotatable bonds is 2. The standard InChI is InChI=1S/C17H15N3OS/c21-16(14-9-5-2-6-10-14)18-17(22)20-12-11-15(19-20)13-7-3-1-4-8-13/h1-10H,11-12H2,(H,18,21,22). The topological polar surface area (TPSA) is 44.7 Å². The minimum absolute atomic E-state index is 0.214. The van der Waals surface area contributed by atoms with Crippen molar-refractivity contribution in [3.63, 3.8) is 0 Å². The third-order valence-corrected chi connectivity index (χ3v) is 3.71. The van der Waals surface area contributed by atoms with Crippen molar-refractivity contribution in [1.29, 1.82) is 0 Å². The zero-order chi connectivity index (χ0) is 15.4. The summed E-state index contributed by atoms with van der Waals surface area (Å²) in [5.74, 6) is -0.214. The molecular weight excluding hydrogens is 294 g/mol. The molecule has 0 unspecified atom stereocenters. The van der Waals surface area contributed by atoms with Gasteiger partial charge in [-0.25, -0.2) is 5.01 Å². The molecule has 1 N–H and O–H groups in total. The van der Waals surface area contributed by atoms with E-state index in [4.69, 9.17) is 12.2 Å². The summed E-state index contributed by atoms with van der Waals surface area (Å²) in [7, 11) is 0. The smallest absolute Gasteiger partial charge is 0.257 e. The van der Waals surface area contributed by atoms with Crippen molar-refractivity contribution in [2.75, 3.05) is 6.54 Å². The van der Waals surface area contributed by atoms with Gasteiger partial charge in [-0.15, -0.1) is 0 Å². The number of hydrazone groups is 1. The molecule has 0 radical (unpaired) electrons. The SMILES string of the molecule is O=C(NC(=S)N1CCC(c2ccccc2)=N1)c1ccccc1. The van der Waals surface area contributed by atoms with Crippen LogP contribution in [0.15, 0.2) is 65.8 Å². The number of hydrogen-bond acceptors (Lipinski definition) is 3. The summed E-state index contributed by atoms with van der Waals surface area (Å²) in [5, 5.41) is 9.22. The molecule has 1 aliphatic rings. The van der Waals surface area contributed by atoms with Gasteiger partial charge in [0.2, 0.25) is 0 Å². The molecule has 2 aromatic rings. The van der Waals surface area contributed by atoms with Crippen LogP contribution < -0.4 is 5.32 Å². The van der Waals surface area contributed by atoms with Crippen molar-refractivity contribution in [2.24, 2.45) is 5.10 Å². The molecule has 4 nitrogen and oxygen atoms in total. The molecule has 0 aromatic heterocycles. The van der Waals surface area contributed by atoms with Gasteiger partial charge in [-0.2, -0.15) is 5.10 Å². The first kappa shape index (κ1) is 14.4. The minimum atomic E-state index is -0.214. The number of thiocarbonyl (C=S) groups is 1. The second-order valence-corrected chi connectivity index (χ2v) is 5.30. The number of hydrogen-bond donors (Lipinski definition) is 1. The van der Waals surface area contributed by atoms with Crippen molar-refractivity contribution in [2.45, 2.75) is 6.42 Å². The summed E-state index contributed by atoms with van der Waals surface area (Å²) >= 11 is 5.28. The Balaban J connectivity index is 1.67. The van der Waals surface area contributed by atoms with E-state index in [-0.39, 0.29) is 5.91 Å². The molecule has 1 amide bonds. The van der Waals surface area contributed by atoms with Crippen LogP contribution in [0, 0.1) is 0 Å². The Morgan fingerprint density at radius 1 is 1.05 bits per heavy atom. The molecule has 5 heteroatoms. The molecule has 3 rings (SSSR count). The number of nitrogens with one attached hydrogen (secondary N) is 1. The van der Waals surface area contributed by atoms with Crippen LogP contribution in [0.25, 0.3) is 0 Å². The summed E-state index contributed by atoms with van der Waals surface area (Å²) in [4.78, 5) is 12.1. The van der Waals surface area contributed by atoms with Crippen molar-refractivity contribution in [3.05, 3.63) is 71.8 Å². The van der Waals surface area contributed by atoms with Gasteiger partial charge >= 0.3 is 0 Å². The van der Waals surface area contributed by atoms with Gasteiger partial charge in [-0.05, 0) is 29.9 Å². The lowest BCUT2D eigenvalue weighted by Gasteiger charge is -2.15. The molecule has 0 saturated heterocycles. The van der Waals surface area contributed by atoms with E-state index >= 15 is 0 Å². The molecule has 0 fully saturated rings. The Hall–Kier alpha value is -2.53. The lowest BCUT2D eigenvalue weighted by Crippen LogP contribution is -2.38. The van der Waals surface area contributed by atoms with E-state index in [1.165, 1.54) is 0 Å². The average Bonchev–Trinajstić information content (AvgIpc) is 3.06. The van der Waals surface area contributed by atoms with Crippen LogP contribution in [-0.4, -0.2) is 28.3 Å². The summed E-state index contributed by atoms with van der Waals surface area (Å²) in [6.07, 6.45) is 0.811. The van der Waals surface area contributed by atoms with E-state index in [2.05, 4.69) is 10.4 Å². The highest BCUT2D eigenvalue weighted by molar-refractivity contribution is 7.80. The van der Waals surface area contributed by atoms with Gasteiger partial charge in [0, 0.05) is 18.5 Å². The van der Waals surface area contributed by atoms with Gasteiger partial charge in [0.15, 0.2) is 5.11 Å². The summed E-state index contributed by atoms with van der Waals surface area (Å²) in [6, 6.07) is 19.0. The maximum atomic E-state index is 12.1. The fourth-order valence-electron chi connectivity index (χ4n) is 2.26. The molecular formula is C17H15N3OS. The van der Waals surface area contributed by atoms with Crippen molar-refractivity contribution in [3.8, 4) is 0 Å². The number of amides is 1. The van der Waals surface area contributed by atoms with E-state index < -0.39 is 0 Å². The molecule has 0 spiro atoms. The molecule has 110 valence electrons. The van der Waals surface area contributed by atoms with Crippen molar-refractivity contribution in [1.82, 2.24) is 10.3 Å². The molecule has 0 atom stereocenters. The number of carbonyl (C=O) groups is 1. The van der Waals surface area contributed by atoms with Crippen molar-refractivity contribution < 1.29 is 4.79 Å². The van der Waals surface area contributed by atoms with E-state index in [1.807, 2.05) is 48.5 Å². The summed E-state index contributed by atoms with van der Waals surface area (Å²) in [6.45, 7) is 0.679. The molecule has 0 aliphatic carbocycles. The highest BCUT2D eigenvalue weighted by Crippen LogP contribution is 2.13. The van der Waals surface area contributed by atoms with E-state index in [9.17, 15) is 4.79 Å². The van der Waals surface area contributed by atoms with Gasteiger partial charge in [0.05, 0.1) is 5.71 Å². The third-order valence-electron chi connectivity index (χ3n) is 3.40. The second-order valence-electron chi connectivity index (χ2n) is 4.91. The van der Waals surface area contributed by atoms with Gasteiger partial charge in [0.1, 0.15) is 0 Å². The predicted molar refractivity (Wildman–Crippen MR) is 90.8 cm³/mol. The fraction of sp³-hybridized carbons (Fsp3) is 0.118. The molecule has 22 heavy (non-hydrogen) atoms. The first-order chi connectivity index (χ1) is 10.7. The van der Waals surface area contributed by atoms with E-state index in [1.54, 1.807) is 17.1 Å². The summed E-state index contributed by atoms with van der Waals surface area (Å²) in [5.41, 5.74) is 2.65. The van der Waals surface area contributed by atoms with Crippen LogP contribution in [0.2, 0.25) is 0 Å². The maximum absolute atomic E-state index is 12.1. The first-order valence-electron chi connectivity index (χ1n) is 7.05. The van der Waals surface area contributed by atoms with Gasteiger partial charge in [-0.3, -0.25) is 10.1 Å². The Kier molecular flexibility index (Phi) is 4.25. The zero-order valence-corrected chi connectivity index (χ0v) is 12.7. The molecule has 2 aromatic carbocycles. The van der Waals surface area contributed by atoms with Gasteiger partial charge < -0.3 is 0 Å². The van der Waals surface area contributed by atoms with Crippen LogP contribution >= 0.6 is 12.2 Å². The maximum Gasteiger partial charge on any atom is 0.257 e. The normalized spacial score (nSPS) is 13.6. The van der Waals surface area contributed by atoms with E-state index in [0.29, 0.717) is 17.2 Å². The first-order valence-corrected chi connectivity index (χ1v) is 7.45. The second kappa shape index (κ2) is 6.49. The third kappa shape index (κ3) is 3.20. The largest absolute Gasteiger partial charge is 0.297 e. The lowest BCUT2D eigenvalue weighted by molar-refractivity contribution is 0.0973. The number of benzene rings is 2. The summed E-state index contributed by atoms with van der Waals surface area (Å²) < 4.78 is 0. The van der Waals surface area contributed by atoms with Crippen LogP contribution in [0.5, 0.6) is 0 Å². The monoisotopic (exact) mass is 309 g/mol. The Morgan fingerprint density at radius 2 is 1.68 bits per heavy atom. The zero-order valence-electron chi connectivity index (χ0n) is 11.9.